The monoisotopic (exact) mass is 220 g/mol. The molecule has 86 valence electrons. The number of nitrogen functional groups attached to an aromatic ring is 1. The van der Waals surface area contributed by atoms with Crippen molar-refractivity contribution < 1.29 is 9.47 Å². The molecule has 4 nitrogen and oxygen atoms in total. The van der Waals surface area contributed by atoms with E-state index in [2.05, 4.69) is 5.32 Å². The van der Waals surface area contributed by atoms with Crippen LogP contribution in [0.5, 0.6) is 11.5 Å². The van der Waals surface area contributed by atoms with Crippen molar-refractivity contribution in [3.8, 4) is 11.5 Å². The molecule has 16 heavy (non-hydrogen) atoms. The molecular weight excluding hydrogens is 204 g/mol. The topological polar surface area (TPSA) is 56.5 Å². The predicted octanol–water partition coefficient (Wildman–Crippen LogP) is 1.86. The maximum absolute atomic E-state index is 5.95. The molecule has 1 fully saturated rings. The zero-order chi connectivity index (χ0) is 11.0. The quantitative estimate of drug-likeness (QED) is 0.763. The number of nitrogens with two attached hydrogens (primary N) is 1. The number of benzene rings is 1. The number of hydrogen-bond donors (Lipinski definition) is 2. The van der Waals surface area contributed by atoms with Gasteiger partial charge in [-0.3, -0.25) is 0 Å². The molecule has 1 aliphatic carbocycles. The largest absolute Gasteiger partial charge is 0.486 e. The molecule has 1 saturated carbocycles. The van der Waals surface area contributed by atoms with E-state index in [1.807, 2.05) is 12.1 Å². The molecule has 1 aliphatic heterocycles. The van der Waals surface area contributed by atoms with Crippen LogP contribution in [0.25, 0.3) is 0 Å². The number of nitrogens with one attached hydrogen (secondary N) is 1. The van der Waals surface area contributed by atoms with Crippen molar-refractivity contribution in [1.82, 2.24) is 0 Å². The van der Waals surface area contributed by atoms with Gasteiger partial charge in [-0.15, -0.1) is 0 Å². The lowest BCUT2D eigenvalue weighted by atomic mass is 10.2. The Hall–Kier alpha value is -1.58. The second kappa shape index (κ2) is 3.77. The van der Waals surface area contributed by atoms with Crippen molar-refractivity contribution in [2.75, 3.05) is 30.8 Å². The minimum absolute atomic E-state index is 0.599. The summed E-state index contributed by atoms with van der Waals surface area (Å²) >= 11 is 0. The van der Waals surface area contributed by atoms with Gasteiger partial charge < -0.3 is 20.5 Å². The molecule has 0 bridgehead atoms. The molecule has 0 radical (unpaired) electrons. The molecule has 0 spiro atoms. The minimum atomic E-state index is 0.599. The summed E-state index contributed by atoms with van der Waals surface area (Å²) in [6.45, 7) is 2.21. The molecule has 3 N–H and O–H groups in total. The molecule has 3 rings (SSSR count). The first-order valence-corrected chi connectivity index (χ1v) is 5.76. The van der Waals surface area contributed by atoms with Crippen molar-refractivity contribution in [3.05, 3.63) is 12.1 Å². The van der Waals surface area contributed by atoms with Crippen LogP contribution >= 0.6 is 0 Å². The summed E-state index contributed by atoms with van der Waals surface area (Å²) in [5.74, 6) is 2.37. The molecule has 0 aromatic heterocycles. The SMILES string of the molecule is Nc1cc2c(cc1NCC1CC1)OCCO2. The van der Waals surface area contributed by atoms with Gasteiger partial charge in [0, 0.05) is 18.7 Å². The molecule has 2 aliphatic rings. The fourth-order valence-electron chi connectivity index (χ4n) is 1.83. The Morgan fingerprint density at radius 2 is 1.88 bits per heavy atom. The van der Waals surface area contributed by atoms with Crippen molar-refractivity contribution in [3.63, 3.8) is 0 Å². The third-order valence-corrected chi connectivity index (χ3v) is 2.99. The van der Waals surface area contributed by atoms with Gasteiger partial charge in [0.05, 0.1) is 11.4 Å². The van der Waals surface area contributed by atoms with Gasteiger partial charge in [0.2, 0.25) is 0 Å². The van der Waals surface area contributed by atoms with E-state index in [1.165, 1.54) is 12.8 Å². The van der Waals surface area contributed by atoms with Crippen molar-refractivity contribution in [1.29, 1.82) is 0 Å². The molecular formula is C12H16N2O2. The summed E-state index contributed by atoms with van der Waals surface area (Å²) in [6, 6.07) is 3.77. The first-order chi connectivity index (χ1) is 7.83. The first kappa shape index (κ1) is 9.63. The van der Waals surface area contributed by atoms with Gasteiger partial charge in [0.1, 0.15) is 13.2 Å². The Labute approximate surface area is 94.7 Å². The third kappa shape index (κ3) is 1.87. The summed E-state index contributed by atoms with van der Waals surface area (Å²) in [7, 11) is 0. The second-order valence-corrected chi connectivity index (χ2v) is 4.41. The summed E-state index contributed by atoms with van der Waals surface area (Å²) in [4.78, 5) is 0. The molecule has 0 amide bonds. The minimum Gasteiger partial charge on any atom is -0.486 e. The number of fused-ring (bicyclic) bond motifs is 1. The summed E-state index contributed by atoms with van der Waals surface area (Å²) in [6.07, 6.45) is 2.66. The van der Waals surface area contributed by atoms with Gasteiger partial charge >= 0.3 is 0 Å². The summed E-state index contributed by atoms with van der Waals surface area (Å²) < 4.78 is 11.0. The van der Waals surface area contributed by atoms with Gasteiger partial charge in [-0.05, 0) is 18.8 Å². The van der Waals surface area contributed by atoms with Crippen LogP contribution in [-0.2, 0) is 0 Å². The second-order valence-electron chi connectivity index (χ2n) is 4.41. The van der Waals surface area contributed by atoms with Crippen LogP contribution < -0.4 is 20.5 Å². The molecule has 1 heterocycles. The highest BCUT2D eigenvalue weighted by atomic mass is 16.6. The Kier molecular flexibility index (Phi) is 2.27. The lowest BCUT2D eigenvalue weighted by Gasteiger charge is -2.20. The Balaban J connectivity index is 1.80. The van der Waals surface area contributed by atoms with E-state index >= 15 is 0 Å². The zero-order valence-corrected chi connectivity index (χ0v) is 9.16. The molecule has 0 atom stereocenters. The van der Waals surface area contributed by atoms with E-state index in [1.54, 1.807) is 0 Å². The predicted molar refractivity (Wildman–Crippen MR) is 63.1 cm³/mol. The lowest BCUT2D eigenvalue weighted by molar-refractivity contribution is 0.172. The van der Waals surface area contributed by atoms with E-state index < -0.39 is 0 Å². The van der Waals surface area contributed by atoms with Crippen LogP contribution in [0.15, 0.2) is 12.1 Å². The number of anilines is 2. The highest BCUT2D eigenvalue weighted by molar-refractivity contribution is 5.72. The number of hydrogen-bond acceptors (Lipinski definition) is 4. The van der Waals surface area contributed by atoms with Crippen LogP contribution in [-0.4, -0.2) is 19.8 Å². The van der Waals surface area contributed by atoms with Crippen LogP contribution in [0, 0.1) is 5.92 Å². The van der Waals surface area contributed by atoms with Crippen molar-refractivity contribution >= 4 is 11.4 Å². The fourth-order valence-corrected chi connectivity index (χ4v) is 1.83. The Bertz CT molecular complexity index is 402. The smallest absolute Gasteiger partial charge is 0.163 e. The molecule has 0 unspecified atom stereocenters. The highest BCUT2D eigenvalue weighted by Crippen LogP contribution is 2.37. The van der Waals surface area contributed by atoms with Gasteiger partial charge in [0.25, 0.3) is 0 Å². The number of ether oxygens (including phenoxy) is 2. The Morgan fingerprint density at radius 3 is 2.56 bits per heavy atom. The normalized spacial score (nSPS) is 18.2. The Morgan fingerprint density at radius 1 is 1.19 bits per heavy atom. The average Bonchev–Trinajstić information content (AvgIpc) is 3.10. The van der Waals surface area contributed by atoms with E-state index in [0.717, 1.165) is 35.3 Å². The van der Waals surface area contributed by atoms with Gasteiger partial charge in [-0.25, -0.2) is 0 Å². The van der Waals surface area contributed by atoms with E-state index in [9.17, 15) is 0 Å². The summed E-state index contributed by atoms with van der Waals surface area (Å²) in [5.41, 5.74) is 7.63. The first-order valence-electron chi connectivity index (χ1n) is 5.76. The standard InChI is InChI=1S/C12H16N2O2/c13-9-5-11-12(16-4-3-15-11)6-10(9)14-7-8-1-2-8/h5-6,8,14H,1-4,7,13H2. The van der Waals surface area contributed by atoms with Gasteiger partial charge in [0.15, 0.2) is 11.5 Å². The van der Waals surface area contributed by atoms with Crippen LogP contribution in [0.3, 0.4) is 0 Å². The zero-order valence-electron chi connectivity index (χ0n) is 9.16. The van der Waals surface area contributed by atoms with Crippen molar-refractivity contribution in [2.24, 2.45) is 5.92 Å². The maximum atomic E-state index is 5.95. The van der Waals surface area contributed by atoms with E-state index in [0.29, 0.717) is 13.2 Å². The summed E-state index contributed by atoms with van der Waals surface area (Å²) in [5, 5.41) is 3.36. The lowest BCUT2D eigenvalue weighted by Crippen LogP contribution is -2.16. The van der Waals surface area contributed by atoms with Gasteiger partial charge in [-0.2, -0.15) is 0 Å². The van der Waals surface area contributed by atoms with Crippen LogP contribution in [0.2, 0.25) is 0 Å². The van der Waals surface area contributed by atoms with Crippen LogP contribution in [0.4, 0.5) is 11.4 Å². The number of rotatable bonds is 3. The van der Waals surface area contributed by atoms with E-state index in [-0.39, 0.29) is 0 Å². The molecule has 0 saturated heterocycles. The van der Waals surface area contributed by atoms with E-state index in [4.69, 9.17) is 15.2 Å². The highest BCUT2D eigenvalue weighted by Gasteiger charge is 2.21. The van der Waals surface area contributed by atoms with Crippen molar-refractivity contribution in [2.45, 2.75) is 12.8 Å². The maximum Gasteiger partial charge on any atom is 0.163 e. The van der Waals surface area contributed by atoms with Gasteiger partial charge in [-0.1, -0.05) is 0 Å². The fraction of sp³-hybridized carbons (Fsp3) is 0.500. The molecule has 4 heteroatoms. The average molecular weight is 220 g/mol. The molecule has 1 aromatic carbocycles. The van der Waals surface area contributed by atoms with Crippen LogP contribution in [0.1, 0.15) is 12.8 Å². The third-order valence-electron chi connectivity index (χ3n) is 2.99. The molecule has 1 aromatic rings.